The van der Waals surface area contributed by atoms with Gasteiger partial charge in [0.2, 0.25) is 5.95 Å². The Morgan fingerprint density at radius 2 is 2.10 bits per heavy atom. The van der Waals surface area contributed by atoms with E-state index >= 15 is 0 Å². The standard InChI is InChI=1S/C23H28N4O3/c1-3-19(29)12-16-7-4-5-10-20(16)26-22-15(2)13-24-23(27-22)25-18-9-6-8-17(11-18)21(30)14-28/h3-5,7,10,13,17-18,28H,1,6,8-9,11-12,14H2,2H3,(H2,24,25,26,27)/t17?,18-/m0/s1. The number of para-hydroxylation sites is 1. The molecule has 1 aliphatic carbocycles. The van der Waals surface area contributed by atoms with Gasteiger partial charge in [-0.05, 0) is 43.9 Å². The largest absolute Gasteiger partial charge is 0.389 e. The van der Waals surface area contributed by atoms with Crippen molar-refractivity contribution < 1.29 is 14.7 Å². The number of nitrogens with one attached hydrogen (secondary N) is 2. The summed E-state index contributed by atoms with van der Waals surface area (Å²) in [4.78, 5) is 32.7. The van der Waals surface area contributed by atoms with E-state index in [0.717, 1.165) is 36.1 Å². The summed E-state index contributed by atoms with van der Waals surface area (Å²) in [7, 11) is 0. The van der Waals surface area contributed by atoms with E-state index in [1.807, 2.05) is 31.2 Å². The van der Waals surface area contributed by atoms with Crippen molar-refractivity contribution in [3.05, 3.63) is 54.2 Å². The molecule has 1 aromatic carbocycles. The van der Waals surface area contributed by atoms with E-state index in [1.54, 1.807) is 6.20 Å². The van der Waals surface area contributed by atoms with Crippen molar-refractivity contribution in [2.24, 2.45) is 5.92 Å². The van der Waals surface area contributed by atoms with Crippen LogP contribution in [0.5, 0.6) is 0 Å². The van der Waals surface area contributed by atoms with Gasteiger partial charge in [-0.3, -0.25) is 9.59 Å². The summed E-state index contributed by atoms with van der Waals surface area (Å²) >= 11 is 0. The maximum Gasteiger partial charge on any atom is 0.224 e. The number of rotatable bonds is 9. The summed E-state index contributed by atoms with van der Waals surface area (Å²) in [6.45, 7) is 5.05. The van der Waals surface area contributed by atoms with Gasteiger partial charge in [0.1, 0.15) is 12.4 Å². The highest BCUT2D eigenvalue weighted by molar-refractivity contribution is 5.92. The molecule has 7 nitrogen and oxygen atoms in total. The first-order chi connectivity index (χ1) is 14.5. The Labute approximate surface area is 176 Å². The highest BCUT2D eigenvalue weighted by Crippen LogP contribution is 2.28. The minimum atomic E-state index is -0.403. The Hall–Kier alpha value is -3.06. The number of hydrogen-bond acceptors (Lipinski definition) is 7. The molecule has 1 fully saturated rings. The first-order valence-electron chi connectivity index (χ1n) is 10.2. The van der Waals surface area contributed by atoms with Crippen LogP contribution in [0.1, 0.15) is 36.8 Å². The molecule has 0 spiro atoms. The van der Waals surface area contributed by atoms with Crippen molar-refractivity contribution in [2.45, 2.75) is 45.1 Å². The van der Waals surface area contributed by atoms with Gasteiger partial charge in [0.05, 0.1) is 0 Å². The number of aryl methyl sites for hydroxylation is 1. The third-order valence-electron chi connectivity index (χ3n) is 5.45. The zero-order valence-electron chi connectivity index (χ0n) is 17.2. The van der Waals surface area contributed by atoms with Gasteiger partial charge >= 0.3 is 0 Å². The van der Waals surface area contributed by atoms with Gasteiger partial charge in [-0.1, -0.05) is 31.2 Å². The fourth-order valence-electron chi connectivity index (χ4n) is 3.75. The summed E-state index contributed by atoms with van der Waals surface area (Å²) < 4.78 is 0. The van der Waals surface area contributed by atoms with Gasteiger partial charge in [-0.25, -0.2) is 4.98 Å². The van der Waals surface area contributed by atoms with Crippen LogP contribution in [0.15, 0.2) is 43.1 Å². The second-order valence-corrected chi connectivity index (χ2v) is 7.68. The molecule has 0 bridgehead atoms. The summed E-state index contributed by atoms with van der Waals surface area (Å²) in [5.74, 6) is 0.892. The number of nitrogens with zero attached hydrogens (tertiary/aromatic N) is 2. The summed E-state index contributed by atoms with van der Waals surface area (Å²) in [6.07, 6.45) is 6.69. The average molecular weight is 409 g/mol. The monoisotopic (exact) mass is 408 g/mol. The minimum Gasteiger partial charge on any atom is -0.389 e. The van der Waals surface area contributed by atoms with Crippen LogP contribution in [0, 0.1) is 12.8 Å². The predicted molar refractivity (Wildman–Crippen MR) is 117 cm³/mol. The zero-order chi connectivity index (χ0) is 21.5. The van der Waals surface area contributed by atoms with Crippen molar-refractivity contribution in [3.63, 3.8) is 0 Å². The van der Waals surface area contributed by atoms with Crippen LogP contribution in [0.4, 0.5) is 17.5 Å². The molecule has 2 atom stereocenters. The van der Waals surface area contributed by atoms with Crippen LogP contribution in [0.2, 0.25) is 0 Å². The fourth-order valence-corrected chi connectivity index (χ4v) is 3.75. The van der Waals surface area contributed by atoms with E-state index in [0.29, 0.717) is 18.2 Å². The molecule has 1 unspecified atom stereocenters. The number of Topliss-reactive ketones (excluding diaryl/α,β-unsaturated/α-hetero) is 1. The summed E-state index contributed by atoms with van der Waals surface area (Å²) in [5, 5.41) is 15.8. The molecule has 0 aliphatic heterocycles. The average Bonchev–Trinajstić information content (AvgIpc) is 2.76. The van der Waals surface area contributed by atoms with E-state index < -0.39 is 6.61 Å². The Morgan fingerprint density at radius 3 is 2.87 bits per heavy atom. The van der Waals surface area contributed by atoms with Crippen molar-refractivity contribution in [1.29, 1.82) is 0 Å². The molecule has 1 saturated carbocycles. The molecule has 1 aliphatic rings. The Balaban J connectivity index is 1.74. The van der Waals surface area contributed by atoms with Gasteiger partial charge in [0.15, 0.2) is 11.6 Å². The van der Waals surface area contributed by atoms with Crippen LogP contribution in [0.3, 0.4) is 0 Å². The number of anilines is 3. The number of aromatic nitrogens is 2. The van der Waals surface area contributed by atoms with Gasteiger partial charge in [-0.2, -0.15) is 4.98 Å². The van der Waals surface area contributed by atoms with Crippen molar-refractivity contribution >= 4 is 29.0 Å². The van der Waals surface area contributed by atoms with Crippen LogP contribution >= 0.6 is 0 Å². The van der Waals surface area contributed by atoms with Gasteiger partial charge < -0.3 is 15.7 Å². The van der Waals surface area contributed by atoms with Gasteiger partial charge in [-0.15, -0.1) is 0 Å². The number of aliphatic hydroxyl groups excluding tert-OH is 1. The molecule has 0 radical (unpaired) electrons. The molecular weight excluding hydrogens is 380 g/mol. The molecule has 0 amide bonds. The Bertz CT molecular complexity index is 928. The number of allylic oxidation sites excluding steroid dienone is 1. The maximum absolute atomic E-state index is 11.8. The van der Waals surface area contributed by atoms with Gasteiger partial charge in [0.25, 0.3) is 0 Å². The van der Waals surface area contributed by atoms with Crippen LogP contribution in [-0.2, 0) is 16.0 Å². The Kier molecular flexibility index (Phi) is 7.30. The van der Waals surface area contributed by atoms with Crippen LogP contribution in [0.25, 0.3) is 0 Å². The predicted octanol–water partition coefficient (Wildman–Crippen LogP) is 3.36. The SMILES string of the molecule is C=CC(=O)Cc1ccccc1Nc1nc(N[C@H]2CCCC(C(=O)CO)C2)ncc1C. The fraction of sp³-hybridized carbons (Fsp3) is 0.391. The first kappa shape index (κ1) is 21.6. The van der Waals surface area contributed by atoms with E-state index in [2.05, 4.69) is 27.2 Å². The number of carbonyl (C=O) groups is 2. The molecule has 1 aromatic heterocycles. The van der Waals surface area contributed by atoms with E-state index in [4.69, 9.17) is 5.11 Å². The highest BCUT2D eigenvalue weighted by Gasteiger charge is 2.27. The number of hydrogen-bond donors (Lipinski definition) is 3. The topological polar surface area (TPSA) is 104 Å². The number of benzene rings is 1. The molecule has 7 heteroatoms. The van der Waals surface area contributed by atoms with E-state index in [-0.39, 0.29) is 29.9 Å². The van der Waals surface area contributed by atoms with Crippen molar-refractivity contribution in [1.82, 2.24) is 9.97 Å². The number of carbonyl (C=O) groups excluding carboxylic acids is 2. The number of ketones is 2. The number of aliphatic hydroxyl groups is 1. The molecule has 30 heavy (non-hydrogen) atoms. The second-order valence-electron chi connectivity index (χ2n) is 7.68. The zero-order valence-corrected chi connectivity index (χ0v) is 17.2. The molecular formula is C23H28N4O3. The Morgan fingerprint density at radius 1 is 1.30 bits per heavy atom. The molecule has 2 aromatic rings. The lowest BCUT2D eigenvalue weighted by atomic mass is 9.83. The molecule has 158 valence electrons. The van der Waals surface area contributed by atoms with E-state index in [9.17, 15) is 9.59 Å². The smallest absolute Gasteiger partial charge is 0.224 e. The lowest BCUT2D eigenvalue weighted by Gasteiger charge is -2.28. The minimum absolute atomic E-state index is 0.0460. The molecule has 0 saturated heterocycles. The third kappa shape index (κ3) is 5.51. The highest BCUT2D eigenvalue weighted by atomic mass is 16.3. The third-order valence-corrected chi connectivity index (χ3v) is 5.45. The lowest BCUT2D eigenvalue weighted by molar-refractivity contribution is -0.126. The summed E-state index contributed by atoms with van der Waals surface area (Å²) in [6, 6.07) is 7.70. The van der Waals surface area contributed by atoms with Crippen LogP contribution < -0.4 is 10.6 Å². The van der Waals surface area contributed by atoms with E-state index in [1.165, 1.54) is 6.08 Å². The van der Waals surface area contributed by atoms with Crippen LogP contribution in [-0.4, -0.2) is 39.3 Å². The molecule has 3 rings (SSSR count). The maximum atomic E-state index is 11.8. The molecule has 1 heterocycles. The first-order valence-corrected chi connectivity index (χ1v) is 10.2. The molecule has 3 N–H and O–H groups in total. The second kappa shape index (κ2) is 10.1. The lowest BCUT2D eigenvalue weighted by Crippen LogP contribution is -2.32. The van der Waals surface area contributed by atoms with Crippen molar-refractivity contribution in [3.8, 4) is 0 Å². The summed E-state index contributed by atoms with van der Waals surface area (Å²) in [5.41, 5.74) is 2.56. The quantitative estimate of drug-likeness (QED) is 0.547. The van der Waals surface area contributed by atoms with Gasteiger partial charge in [0, 0.05) is 35.8 Å². The normalized spacial score (nSPS) is 18.5. The van der Waals surface area contributed by atoms with Crippen molar-refractivity contribution in [2.75, 3.05) is 17.2 Å².